The quantitative estimate of drug-likeness (QED) is 0.366. The highest BCUT2D eigenvalue weighted by Crippen LogP contribution is 2.30. The largest absolute Gasteiger partial charge is 0.493 e. The first-order valence-electron chi connectivity index (χ1n) is 10.9. The molecule has 1 amide bonds. The highest BCUT2D eigenvalue weighted by atomic mass is 35.5. The smallest absolute Gasteiger partial charge is 0.248 e. The summed E-state index contributed by atoms with van der Waals surface area (Å²) < 4.78 is 16.9. The third kappa shape index (κ3) is 7.01. The minimum Gasteiger partial charge on any atom is -0.493 e. The van der Waals surface area contributed by atoms with Crippen molar-refractivity contribution in [2.24, 2.45) is 0 Å². The van der Waals surface area contributed by atoms with Gasteiger partial charge >= 0.3 is 0 Å². The molecule has 0 spiro atoms. The van der Waals surface area contributed by atoms with Crippen molar-refractivity contribution >= 4 is 41.0 Å². The Bertz CT molecular complexity index is 1070. The second-order valence-electron chi connectivity index (χ2n) is 8.15. The molecule has 0 saturated heterocycles. The summed E-state index contributed by atoms with van der Waals surface area (Å²) in [5.74, 6) is 0.986. The van der Waals surface area contributed by atoms with E-state index >= 15 is 0 Å². The van der Waals surface area contributed by atoms with Gasteiger partial charge in [0, 0.05) is 47.4 Å². The molecule has 1 heterocycles. The topological polar surface area (TPSA) is 63.9 Å². The Morgan fingerprint density at radius 3 is 2.55 bits per heavy atom. The van der Waals surface area contributed by atoms with Gasteiger partial charge in [0.05, 0.1) is 13.4 Å². The van der Waals surface area contributed by atoms with E-state index in [4.69, 9.17) is 13.9 Å². The number of nitrogens with one attached hydrogen (secondary N) is 1. The van der Waals surface area contributed by atoms with Crippen molar-refractivity contribution in [3.8, 4) is 11.5 Å². The molecule has 178 valence electrons. The van der Waals surface area contributed by atoms with Crippen LogP contribution in [-0.2, 0) is 4.79 Å². The molecule has 0 saturated carbocycles. The molecule has 3 rings (SSSR count). The SMILES string of the molecule is COc1cc(NC(=O)/C=C/c2cccc3ccoc23)ccc1OCCN(C(C)C)C(C)C.Cl. The lowest BCUT2D eigenvalue weighted by Crippen LogP contribution is -2.39. The minimum absolute atomic E-state index is 0. The van der Waals surface area contributed by atoms with Crippen molar-refractivity contribution in [2.75, 3.05) is 25.6 Å². The zero-order valence-corrected chi connectivity index (χ0v) is 20.6. The Morgan fingerprint density at radius 1 is 1.09 bits per heavy atom. The van der Waals surface area contributed by atoms with Crippen molar-refractivity contribution in [1.29, 1.82) is 0 Å². The van der Waals surface area contributed by atoms with Crippen LogP contribution in [0.4, 0.5) is 5.69 Å². The number of benzene rings is 2. The molecule has 6 nitrogen and oxygen atoms in total. The molecule has 33 heavy (non-hydrogen) atoms. The molecular formula is C26H33ClN2O4. The normalized spacial score (nSPS) is 11.4. The number of methoxy groups -OCH3 is 1. The fourth-order valence-corrected chi connectivity index (χ4v) is 3.74. The molecule has 0 aliphatic carbocycles. The van der Waals surface area contributed by atoms with Gasteiger partial charge in [-0.25, -0.2) is 0 Å². The lowest BCUT2D eigenvalue weighted by molar-refractivity contribution is -0.111. The minimum atomic E-state index is -0.242. The van der Waals surface area contributed by atoms with E-state index in [0.29, 0.717) is 35.9 Å². The predicted octanol–water partition coefficient (Wildman–Crippen LogP) is 6.01. The van der Waals surface area contributed by atoms with E-state index in [1.54, 1.807) is 31.6 Å². The molecule has 7 heteroatoms. The number of halogens is 1. The van der Waals surface area contributed by atoms with E-state index in [1.807, 2.05) is 30.3 Å². The molecule has 2 aromatic carbocycles. The molecule has 0 radical (unpaired) electrons. The Morgan fingerprint density at radius 2 is 1.85 bits per heavy atom. The molecular weight excluding hydrogens is 440 g/mol. The summed E-state index contributed by atoms with van der Waals surface area (Å²) in [5.41, 5.74) is 2.24. The van der Waals surface area contributed by atoms with E-state index in [1.165, 1.54) is 6.08 Å². The Hall–Kier alpha value is -2.96. The maximum Gasteiger partial charge on any atom is 0.248 e. The molecule has 1 aromatic heterocycles. The number of ether oxygens (including phenoxy) is 2. The average Bonchev–Trinajstić information content (AvgIpc) is 3.24. The van der Waals surface area contributed by atoms with Crippen molar-refractivity contribution in [3.63, 3.8) is 0 Å². The number of carbonyl (C=O) groups excluding carboxylic acids is 1. The lowest BCUT2D eigenvalue weighted by Gasteiger charge is -2.30. The molecule has 0 atom stereocenters. The first kappa shape index (κ1) is 26.3. The van der Waals surface area contributed by atoms with E-state index in [2.05, 4.69) is 37.9 Å². The molecule has 0 bridgehead atoms. The molecule has 0 aliphatic heterocycles. The van der Waals surface area contributed by atoms with Gasteiger partial charge in [-0.15, -0.1) is 12.4 Å². The maximum absolute atomic E-state index is 12.4. The molecule has 0 fully saturated rings. The number of carbonyl (C=O) groups is 1. The van der Waals surface area contributed by atoms with Crippen LogP contribution in [0.2, 0.25) is 0 Å². The fourth-order valence-electron chi connectivity index (χ4n) is 3.74. The maximum atomic E-state index is 12.4. The summed E-state index contributed by atoms with van der Waals surface area (Å²) in [6.07, 6.45) is 4.87. The second kappa shape index (κ2) is 12.3. The number of hydrogen-bond acceptors (Lipinski definition) is 5. The van der Waals surface area contributed by atoms with E-state index < -0.39 is 0 Å². The molecule has 0 unspecified atom stereocenters. The van der Waals surface area contributed by atoms with E-state index in [9.17, 15) is 4.79 Å². The highest BCUT2D eigenvalue weighted by molar-refractivity contribution is 6.03. The van der Waals surface area contributed by atoms with E-state index in [0.717, 1.165) is 23.1 Å². The number of hydrogen-bond donors (Lipinski definition) is 1. The highest BCUT2D eigenvalue weighted by Gasteiger charge is 2.14. The third-order valence-corrected chi connectivity index (χ3v) is 5.29. The van der Waals surface area contributed by atoms with Gasteiger partial charge in [0.25, 0.3) is 0 Å². The first-order valence-corrected chi connectivity index (χ1v) is 10.9. The number of furan rings is 1. The van der Waals surface area contributed by atoms with Gasteiger partial charge in [-0.05, 0) is 52.0 Å². The van der Waals surface area contributed by atoms with Gasteiger partial charge in [-0.2, -0.15) is 0 Å². The number of fused-ring (bicyclic) bond motifs is 1. The number of para-hydroxylation sites is 1. The number of nitrogens with zero attached hydrogens (tertiary/aromatic N) is 1. The van der Waals surface area contributed by atoms with Gasteiger partial charge in [0.15, 0.2) is 11.5 Å². The van der Waals surface area contributed by atoms with Crippen molar-refractivity contribution in [3.05, 3.63) is 60.4 Å². The summed E-state index contributed by atoms with van der Waals surface area (Å²) in [6.45, 7) is 10.1. The van der Waals surface area contributed by atoms with Crippen LogP contribution in [-0.4, -0.2) is 43.2 Å². The zero-order chi connectivity index (χ0) is 23.1. The van der Waals surface area contributed by atoms with Crippen molar-refractivity contribution < 1.29 is 18.7 Å². The van der Waals surface area contributed by atoms with Crippen LogP contribution in [0, 0.1) is 0 Å². The first-order chi connectivity index (χ1) is 15.4. The summed E-state index contributed by atoms with van der Waals surface area (Å²) in [6, 6.07) is 14.0. The Balaban J connectivity index is 0.00000385. The molecule has 0 aliphatic rings. The number of anilines is 1. The van der Waals surface area contributed by atoms with Crippen LogP contribution in [0.5, 0.6) is 11.5 Å². The van der Waals surface area contributed by atoms with Crippen molar-refractivity contribution in [2.45, 2.75) is 39.8 Å². The Kier molecular flexibility index (Phi) is 9.82. The Labute approximate surface area is 202 Å². The van der Waals surface area contributed by atoms with Gasteiger partial charge in [0.2, 0.25) is 5.91 Å². The molecule has 1 N–H and O–H groups in total. The summed E-state index contributed by atoms with van der Waals surface area (Å²) >= 11 is 0. The van der Waals surface area contributed by atoms with Crippen molar-refractivity contribution in [1.82, 2.24) is 4.90 Å². The van der Waals surface area contributed by atoms with Crippen LogP contribution >= 0.6 is 12.4 Å². The van der Waals surface area contributed by atoms with Crippen LogP contribution in [0.25, 0.3) is 17.0 Å². The molecule has 3 aromatic rings. The lowest BCUT2D eigenvalue weighted by atomic mass is 10.1. The van der Waals surface area contributed by atoms with Gasteiger partial charge in [0.1, 0.15) is 12.2 Å². The van der Waals surface area contributed by atoms with Crippen LogP contribution in [0.3, 0.4) is 0 Å². The monoisotopic (exact) mass is 472 g/mol. The van der Waals surface area contributed by atoms with E-state index in [-0.39, 0.29) is 18.3 Å². The number of amides is 1. The average molecular weight is 473 g/mol. The number of rotatable bonds is 10. The standard InChI is InChI=1S/C26H32N2O4.ClH/c1-18(2)28(19(3)4)14-16-31-23-11-10-22(17-24(23)30-5)27-25(29)12-9-20-7-6-8-21-13-15-32-26(20)21;/h6-13,15,17-19H,14,16H2,1-5H3,(H,27,29);1H/b12-9+;. The zero-order valence-electron chi connectivity index (χ0n) is 19.8. The second-order valence-corrected chi connectivity index (χ2v) is 8.15. The van der Waals surface area contributed by atoms with Crippen LogP contribution in [0.15, 0.2) is 59.2 Å². The third-order valence-electron chi connectivity index (χ3n) is 5.29. The predicted molar refractivity (Wildman–Crippen MR) is 137 cm³/mol. The van der Waals surface area contributed by atoms with Crippen LogP contribution < -0.4 is 14.8 Å². The summed E-state index contributed by atoms with van der Waals surface area (Å²) in [7, 11) is 1.59. The van der Waals surface area contributed by atoms with Gasteiger partial charge in [-0.3, -0.25) is 9.69 Å². The van der Waals surface area contributed by atoms with Crippen LogP contribution in [0.1, 0.15) is 33.3 Å². The summed E-state index contributed by atoms with van der Waals surface area (Å²) in [5, 5.41) is 3.86. The fraction of sp³-hybridized carbons (Fsp3) is 0.346. The van der Waals surface area contributed by atoms with Gasteiger partial charge < -0.3 is 19.2 Å². The summed E-state index contributed by atoms with van der Waals surface area (Å²) in [4.78, 5) is 14.8. The van der Waals surface area contributed by atoms with Gasteiger partial charge in [-0.1, -0.05) is 18.2 Å².